The first-order chi connectivity index (χ1) is 9.10. The molecule has 6 heteroatoms. The fraction of sp³-hybridized carbons (Fsp3) is 0.538. The van der Waals surface area contributed by atoms with Gasteiger partial charge in [-0.1, -0.05) is 0 Å². The molecule has 1 aliphatic heterocycles. The molecule has 1 atom stereocenters. The van der Waals surface area contributed by atoms with Crippen LogP contribution in [0.15, 0.2) is 24.3 Å². The van der Waals surface area contributed by atoms with Crippen molar-refractivity contribution in [3.63, 3.8) is 0 Å². The van der Waals surface area contributed by atoms with E-state index in [4.69, 9.17) is 0 Å². The van der Waals surface area contributed by atoms with Crippen molar-refractivity contribution in [3.05, 3.63) is 29.9 Å². The number of urea groups is 1. The van der Waals surface area contributed by atoms with Gasteiger partial charge in [0, 0.05) is 24.8 Å². The highest BCUT2D eigenvalue weighted by Gasteiger charge is 2.20. The van der Waals surface area contributed by atoms with Crippen LogP contribution in [-0.4, -0.2) is 33.8 Å². The van der Waals surface area contributed by atoms with E-state index in [0.29, 0.717) is 13.0 Å². The lowest BCUT2D eigenvalue weighted by molar-refractivity contribution is 0.193. The Kier molecular flexibility index (Phi) is 4.19. The Morgan fingerprint density at radius 1 is 1.63 bits per heavy atom. The van der Waals surface area contributed by atoms with Gasteiger partial charge >= 0.3 is 6.03 Å². The fourth-order valence-electron chi connectivity index (χ4n) is 2.01. The molecule has 1 aromatic heterocycles. The van der Waals surface area contributed by atoms with Crippen LogP contribution < -0.4 is 5.32 Å². The predicted molar refractivity (Wildman–Crippen MR) is 70.2 cm³/mol. The maximum atomic E-state index is 13.1. The van der Waals surface area contributed by atoms with Gasteiger partial charge in [-0.15, -0.1) is 0 Å². The van der Waals surface area contributed by atoms with Crippen LogP contribution in [0.2, 0.25) is 0 Å². The first kappa shape index (κ1) is 13.6. The molecular formula is C13H19FN4O. The molecule has 0 spiro atoms. The molecule has 0 aliphatic carbocycles. The summed E-state index contributed by atoms with van der Waals surface area (Å²) in [5.74, 6) is -0.243. The lowest BCUT2D eigenvalue weighted by Gasteiger charge is -2.26. The minimum Gasteiger partial charge on any atom is -0.331 e. The SMILES string of the molecule is CCn1cc(C(C)NC(=O)N2CCC=C(F)C2)cn1. The average molecular weight is 266 g/mol. The van der Waals surface area contributed by atoms with Crippen LogP contribution >= 0.6 is 0 Å². The number of nitrogens with one attached hydrogen (secondary N) is 1. The number of hydrogen-bond acceptors (Lipinski definition) is 2. The first-order valence-corrected chi connectivity index (χ1v) is 6.52. The Morgan fingerprint density at radius 3 is 3.05 bits per heavy atom. The summed E-state index contributed by atoms with van der Waals surface area (Å²) >= 11 is 0. The van der Waals surface area contributed by atoms with Crippen molar-refractivity contribution in [2.24, 2.45) is 0 Å². The van der Waals surface area contributed by atoms with Crippen molar-refractivity contribution in [3.8, 4) is 0 Å². The zero-order valence-corrected chi connectivity index (χ0v) is 11.3. The Balaban J connectivity index is 1.93. The van der Waals surface area contributed by atoms with Crippen molar-refractivity contribution >= 4 is 6.03 Å². The Hall–Kier alpha value is -1.85. The van der Waals surface area contributed by atoms with Gasteiger partial charge in [-0.3, -0.25) is 4.68 Å². The molecule has 1 unspecified atom stereocenters. The molecule has 0 bridgehead atoms. The van der Waals surface area contributed by atoms with Crippen molar-refractivity contribution in [1.82, 2.24) is 20.0 Å². The van der Waals surface area contributed by atoms with E-state index >= 15 is 0 Å². The summed E-state index contributed by atoms with van der Waals surface area (Å²) in [5.41, 5.74) is 0.947. The number of amides is 2. The van der Waals surface area contributed by atoms with E-state index in [1.165, 1.54) is 11.0 Å². The van der Waals surface area contributed by atoms with Crippen LogP contribution in [0.5, 0.6) is 0 Å². The smallest absolute Gasteiger partial charge is 0.318 e. The summed E-state index contributed by atoms with van der Waals surface area (Å²) in [5, 5.41) is 7.03. The molecule has 19 heavy (non-hydrogen) atoms. The van der Waals surface area contributed by atoms with Crippen LogP contribution in [0.25, 0.3) is 0 Å². The number of carbonyl (C=O) groups excluding carboxylic acids is 1. The second-order valence-corrected chi connectivity index (χ2v) is 4.66. The summed E-state index contributed by atoms with van der Waals surface area (Å²) in [6.45, 7) is 5.31. The van der Waals surface area contributed by atoms with Gasteiger partial charge in [0.05, 0.1) is 18.8 Å². The Morgan fingerprint density at radius 2 is 2.42 bits per heavy atom. The number of rotatable bonds is 3. The van der Waals surface area contributed by atoms with E-state index in [1.807, 2.05) is 20.0 Å². The van der Waals surface area contributed by atoms with Crippen molar-refractivity contribution < 1.29 is 9.18 Å². The van der Waals surface area contributed by atoms with Gasteiger partial charge in [0.25, 0.3) is 0 Å². The maximum Gasteiger partial charge on any atom is 0.318 e. The summed E-state index contributed by atoms with van der Waals surface area (Å²) in [6.07, 6.45) is 5.74. The average Bonchev–Trinajstić information content (AvgIpc) is 2.87. The zero-order valence-electron chi connectivity index (χ0n) is 11.3. The molecule has 0 saturated heterocycles. The van der Waals surface area contributed by atoms with E-state index < -0.39 is 0 Å². The summed E-state index contributed by atoms with van der Waals surface area (Å²) in [6, 6.07) is -0.373. The molecule has 2 heterocycles. The van der Waals surface area contributed by atoms with E-state index in [-0.39, 0.29) is 24.4 Å². The minimum absolute atomic E-state index is 0.0623. The maximum absolute atomic E-state index is 13.1. The fourth-order valence-corrected chi connectivity index (χ4v) is 2.01. The molecule has 1 N–H and O–H groups in total. The number of carbonyl (C=O) groups is 1. The van der Waals surface area contributed by atoms with Gasteiger partial charge < -0.3 is 10.2 Å². The third kappa shape index (κ3) is 3.33. The molecule has 0 fully saturated rings. The van der Waals surface area contributed by atoms with Gasteiger partial charge in [0.2, 0.25) is 0 Å². The summed E-state index contributed by atoms with van der Waals surface area (Å²) in [7, 11) is 0. The number of halogens is 1. The molecule has 0 radical (unpaired) electrons. The monoisotopic (exact) mass is 266 g/mol. The van der Waals surface area contributed by atoms with Crippen LogP contribution in [-0.2, 0) is 6.54 Å². The Labute approximate surface area is 112 Å². The third-order valence-corrected chi connectivity index (χ3v) is 3.21. The van der Waals surface area contributed by atoms with E-state index in [2.05, 4.69) is 10.4 Å². The van der Waals surface area contributed by atoms with E-state index in [0.717, 1.165) is 12.1 Å². The summed E-state index contributed by atoms with van der Waals surface area (Å²) in [4.78, 5) is 13.5. The van der Waals surface area contributed by atoms with Gasteiger partial charge in [0.15, 0.2) is 0 Å². The van der Waals surface area contributed by atoms with E-state index in [9.17, 15) is 9.18 Å². The topological polar surface area (TPSA) is 50.2 Å². The van der Waals surface area contributed by atoms with Crippen LogP contribution in [0.3, 0.4) is 0 Å². The Bertz CT molecular complexity index is 483. The highest BCUT2D eigenvalue weighted by Crippen LogP contribution is 2.14. The molecule has 1 aliphatic rings. The number of aryl methyl sites for hydroxylation is 1. The molecule has 0 saturated carbocycles. The second-order valence-electron chi connectivity index (χ2n) is 4.66. The highest BCUT2D eigenvalue weighted by atomic mass is 19.1. The van der Waals surface area contributed by atoms with Crippen LogP contribution in [0.4, 0.5) is 9.18 Å². The highest BCUT2D eigenvalue weighted by molar-refractivity contribution is 5.75. The van der Waals surface area contributed by atoms with Crippen LogP contribution in [0, 0.1) is 0 Å². The van der Waals surface area contributed by atoms with Crippen molar-refractivity contribution in [1.29, 1.82) is 0 Å². The number of hydrogen-bond donors (Lipinski definition) is 1. The second kappa shape index (κ2) is 5.86. The predicted octanol–water partition coefficient (Wildman–Crippen LogP) is 2.23. The third-order valence-electron chi connectivity index (χ3n) is 3.21. The minimum atomic E-state index is -0.243. The molecule has 1 aromatic rings. The molecule has 5 nitrogen and oxygen atoms in total. The van der Waals surface area contributed by atoms with Gasteiger partial charge in [0.1, 0.15) is 5.83 Å². The quantitative estimate of drug-likeness (QED) is 0.912. The summed E-state index contributed by atoms with van der Waals surface area (Å²) < 4.78 is 14.9. The normalized spacial score (nSPS) is 17.0. The van der Waals surface area contributed by atoms with Gasteiger partial charge in [-0.25, -0.2) is 9.18 Å². The molecular weight excluding hydrogens is 247 g/mol. The first-order valence-electron chi connectivity index (χ1n) is 6.52. The molecule has 0 aromatic carbocycles. The lowest BCUT2D eigenvalue weighted by Crippen LogP contribution is -2.43. The van der Waals surface area contributed by atoms with Gasteiger partial charge in [-0.05, 0) is 26.3 Å². The van der Waals surface area contributed by atoms with E-state index in [1.54, 1.807) is 10.9 Å². The molecule has 2 rings (SSSR count). The molecule has 2 amide bonds. The van der Waals surface area contributed by atoms with Crippen molar-refractivity contribution in [2.75, 3.05) is 13.1 Å². The van der Waals surface area contributed by atoms with Crippen molar-refractivity contribution in [2.45, 2.75) is 32.9 Å². The molecule has 104 valence electrons. The lowest BCUT2D eigenvalue weighted by atomic mass is 10.2. The largest absolute Gasteiger partial charge is 0.331 e. The standard InChI is InChI=1S/C13H19FN4O/c1-3-18-8-11(7-15-18)10(2)16-13(19)17-6-4-5-12(14)9-17/h5,7-8,10H,3-4,6,9H2,1-2H3,(H,16,19). The van der Waals surface area contributed by atoms with Gasteiger partial charge in [-0.2, -0.15) is 5.10 Å². The number of nitrogens with zero attached hydrogens (tertiary/aromatic N) is 3. The van der Waals surface area contributed by atoms with Crippen LogP contribution in [0.1, 0.15) is 31.9 Å². The zero-order chi connectivity index (χ0) is 13.8. The number of aromatic nitrogens is 2.